The molecule has 1 saturated heterocycles. The predicted molar refractivity (Wildman–Crippen MR) is 138 cm³/mol. The lowest BCUT2D eigenvalue weighted by Crippen LogP contribution is -2.60. The summed E-state index contributed by atoms with van der Waals surface area (Å²) < 4.78 is 22.8. The minimum atomic E-state index is -1.76. The van der Waals surface area contributed by atoms with E-state index in [2.05, 4.69) is 0 Å². The van der Waals surface area contributed by atoms with Gasteiger partial charge in [-0.1, -0.05) is 18.2 Å². The second-order valence-electron chi connectivity index (χ2n) is 10.2. The molecule has 6 N–H and O–H groups in total. The van der Waals surface area contributed by atoms with Crippen LogP contribution in [0.25, 0.3) is 11.1 Å². The first-order valence-electron chi connectivity index (χ1n) is 12.8. The van der Waals surface area contributed by atoms with Crippen LogP contribution in [0.4, 0.5) is 0 Å². The number of aliphatic hydroxyl groups is 3. The Labute approximate surface area is 232 Å². The summed E-state index contributed by atoms with van der Waals surface area (Å²) >= 11 is 0. The van der Waals surface area contributed by atoms with Crippen molar-refractivity contribution in [2.24, 2.45) is 0 Å². The Kier molecular flexibility index (Phi) is 6.50. The number of aliphatic hydroxyl groups excluding tert-OH is 3. The molecule has 41 heavy (non-hydrogen) atoms. The number of rotatable bonds is 0. The van der Waals surface area contributed by atoms with Crippen LogP contribution in [0, 0.1) is 6.92 Å². The van der Waals surface area contributed by atoms with E-state index in [1.165, 1.54) is 43.3 Å². The van der Waals surface area contributed by atoms with Crippen LogP contribution in [0.15, 0.2) is 42.5 Å². The molecule has 3 aliphatic heterocycles. The Hall–Kier alpha value is -4.36. The first-order chi connectivity index (χ1) is 19.5. The fourth-order valence-electron chi connectivity index (χ4n) is 5.26. The van der Waals surface area contributed by atoms with Gasteiger partial charge < -0.3 is 49.6 Å². The summed E-state index contributed by atoms with van der Waals surface area (Å²) in [7, 11) is 0. The zero-order valence-electron chi connectivity index (χ0n) is 21.6. The maximum atomic E-state index is 13.2. The summed E-state index contributed by atoms with van der Waals surface area (Å²) in [4.78, 5) is 26.1. The van der Waals surface area contributed by atoms with Crippen LogP contribution in [0.1, 0.15) is 44.4 Å². The summed E-state index contributed by atoms with van der Waals surface area (Å²) in [6, 6.07) is 10.0. The van der Waals surface area contributed by atoms with Crippen LogP contribution in [0.2, 0.25) is 0 Å². The van der Waals surface area contributed by atoms with Crippen molar-refractivity contribution in [3.8, 4) is 39.9 Å². The average molecular weight is 567 g/mol. The molecule has 1 fully saturated rings. The highest BCUT2D eigenvalue weighted by Gasteiger charge is 2.46. The zero-order valence-corrected chi connectivity index (χ0v) is 21.6. The third-order valence-corrected chi connectivity index (χ3v) is 7.62. The lowest BCUT2D eigenvalue weighted by Gasteiger charge is -2.40. The lowest BCUT2D eigenvalue weighted by molar-refractivity contribution is -0.277. The van der Waals surface area contributed by atoms with Crippen LogP contribution in [-0.4, -0.2) is 79.7 Å². The van der Waals surface area contributed by atoms with Crippen LogP contribution >= 0.6 is 0 Å². The molecule has 9 bridgehead atoms. The van der Waals surface area contributed by atoms with Gasteiger partial charge in [0.05, 0.1) is 6.42 Å². The molecule has 12 heteroatoms. The highest BCUT2D eigenvalue weighted by atomic mass is 16.7. The molecule has 214 valence electrons. The number of para-hydroxylation sites is 1. The number of phenols is 3. The molecule has 12 nitrogen and oxygen atoms in total. The molecule has 5 unspecified atom stereocenters. The number of cyclic esters (lactones) is 1. The zero-order chi connectivity index (χ0) is 29.2. The van der Waals surface area contributed by atoms with E-state index in [0.717, 1.165) is 0 Å². The van der Waals surface area contributed by atoms with Gasteiger partial charge in [0, 0.05) is 22.8 Å². The number of Topliss-reactive ketones (excluding diaryl/α,β-unsaturated/α-hetero) is 1. The molecular weight excluding hydrogens is 540 g/mol. The van der Waals surface area contributed by atoms with Crippen molar-refractivity contribution < 1.29 is 59.2 Å². The van der Waals surface area contributed by atoms with E-state index in [0.29, 0.717) is 5.56 Å². The van der Waals surface area contributed by atoms with Crippen LogP contribution in [-0.2, 0) is 9.47 Å². The van der Waals surface area contributed by atoms with Crippen molar-refractivity contribution in [3.05, 3.63) is 64.7 Å². The summed E-state index contributed by atoms with van der Waals surface area (Å²) in [5.41, 5.74) is 0.531. The first kappa shape index (κ1) is 26.8. The van der Waals surface area contributed by atoms with E-state index in [9.17, 15) is 40.2 Å². The largest absolute Gasteiger partial charge is 0.507 e. The molecule has 0 saturated carbocycles. The Bertz CT molecular complexity index is 1570. The maximum Gasteiger partial charge on any atom is 0.342 e. The third-order valence-electron chi connectivity index (χ3n) is 7.62. The normalized spacial score (nSPS) is 27.2. The second kappa shape index (κ2) is 9.93. The van der Waals surface area contributed by atoms with Crippen molar-refractivity contribution in [2.75, 3.05) is 6.61 Å². The van der Waals surface area contributed by atoms with Gasteiger partial charge in [-0.15, -0.1) is 0 Å². The quantitative estimate of drug-likeness (QED) is 0.217. The molecular formula is C29H26O12. The molecule has 0 radical (unpaired) electrons. The Morgan fingerprint density at radius 3 is 2.34 bits per heavy atom. The second-order valence-corrected chi connectivity index (χ2v) is 10.2. The number of ketones is 1. The maximum absolute atomic E-state index is 13.2. The summed E-state index contributed by atoms with van der Waals surface area (Å²) in [6.07, 6.45) is -9.15. The smallest absolute Gasteiger partial charge is 0.342 e. The van der Waals surface area contributed by atoms with Crippen molar-refractivity contribution in [2.45, 2.75) is 50.2 Å². The summed E-state index contributed by atoms with van der Waals surface area (Å²) in [5.74, 6) is -2.58. The van der Waals surface area contributed by atoms with E-state index < -0.39 is 66.7 Å². The molecule has 0 aromatic heterocycles. The topological polar surface area (TPSA) is 192 Å². The van der Waals surface area contributed by atoms with Crippen molar-refractivity contribution in [3.63, 3.8) is 0 Å². The van der Waals surface area contributed by atoms with E-state index in [1.807, 2.05) is 0 Å². The molecule has 3 aliphatic rings. The number of phenolic OH excluding ortho intramolecular Hbond substituents is 3. The van der Waals surface area contributed by atoms with Gasteiger partial charge in [-0.05, 0) is 30.7 Å². The van der Waals surface area contributed by atoms with Crippen LogP contribution < -0.4 is 9.47 Å². The number of fused-ring (bicyclic) bond motifs is 10. The summed E-state index contributed by atoms with van der Waals surface area (Å²) in [5, 5.41) is 64.0. The number of ether oxygens (including phenoxy) is 4. The van der Waals surface area contributed by atoms with Gasteiger partial charge in [0.15, 0.2) is 5.78 Å². The van der Waals surface area contributed by atoms with Crippen LogP contribution in [0.3, 0.4) is 0 Å². The fourth-order valence-corrected chi connectivity index (χ4v) is 5.26. The van der Waals surface area contributed by atoms with Crippen molar-refractivity contribution in [1.82, 2.24) is 0 Å². The highest BCUT2D eigenvalue weighted by Crippen LogP contribution is 2.46. The monoisotopic (exact) mass is 566 g/mol. The molecule has 6 rings (SSSR count). The Morgan fingerprint density at radius 1 is 0.805 bits per heavy atom. The fraction of sp³-hybridized carbons (Fsp3) is 0.310. The van der Waals surface area contributed by atoms with Gasteiger partial charge in [0.25, 0.3) is 0 Å². The van der Waals surface area contributed by atoms with Crippen molar-refractivity contribution >= 4 is 11.8 Å². The summed E-state index contributed by atoms with van der Waals surface area (Å²) in [6.45, 7) is 0.879. The average Bonchev–Trinajstić information content (AvgIpc) is 2.95. The lowest BCUT2D eigenvalue weighted by atomic mass is 9.91. The Balaban J connectivity index is 1.52. The molecule has 6 atom stereocenters. The molecule has 3 heterocycles. The van der Waals surface area contributed by atoms with Gasteiger partial charge in [0.1, 0.15) is 77.0 Å². The number of carbonyl (C=O) groups is 2. The predicted octanol–water partition coefficient (Wildman–Crippen LogP) is 1.84. The van der Waals surface area contributed by atoms with Gasteiger partial charge >= 0.3 is 5.97 Å². The van der Waals surface area contributed by atoms with Gasteiger partial charge in [-0.2, -0.15) is 0 Å². The molecule has 3 aromatic rings. The van der Waals surface area contributed by atoms with Gasteiger partial charge in [-0.3, -0.25) is 4.79 Å². The van der Waals surface area contributed by atoms with Gasteiger partial charge in [-0.25, -0.2) is 4.79 Å². The highest BCUT2D eigenvalue weighted by molar-refractivity contribution is 6.03. The Morgan fingerprint density at radius 2 is 1.56 bits per heavy atom. The molecule has 0 spiro atoms. The minimum absolute atomic E-state index is 0.0127. The SMILES string of the molecule is Cc1c2cc3c(c1O)C(=O)C[C@@H](O3)c1ccc(O)c(c1)-c1cccc(c1O)C(=O)OCC1OC(O2)C(O)C(O)C1O. The van der Waals surface area contributed by atoms with E-state index >= 15 is 0 Å². The minimum Gasteiger partial charge on any atom is -0.507 e. The number of esters is 1. The third kappa shape index (κ3) is 4.41. The van der Waals surface area contributed by atoms with Crippen LogP contribution in [0.5, 0.6) is 28.7 Å². The molecule has 0 amide bonds. The molecule has 0 aliphatic carbocycles. The number of benzene rings is 3. The first-order valence-corrected chi connectivity index (χ1v) is 12.8. The van der Waals surface area contributed by atoms with E-state index in [-0.39, 0.29) is 51.5 Å². The number of carbonyl (C=O) groups excluding carboxylic acids is 2. The van der Waals surface area contributed by atoms with Crippen molar-refractivity contribution in [1.29, 1.82) is 0 Å². The van der Waals surface area contributed by atoms with Gasteiger partial charge in [0.2, 0.25) is 6.29 Å². The standard InChI is InChI=1S/C29H26O12/c1-11-18-9-20-22(23(11)32)17(31)8-19(39-20)12-5-6-16(30)15(7-12)13-3-2-4-14(24(13)33)28(37)38-10-21-25(34)26(35)27(36)29(40-18)41-21/h2-7,9,19,21,25-27,29-30,32-36H,8,10H2,1H3/t19-,21?,25?,26?,27?,29?/m1/s1. The number of hydrogen-bond donors (Lipinski definition) is 6. The number of aromatic hydroxyl groups is 3. The van der Waals surface area contributed by atoms with E-state index in [4.69, 9.17) is 18.9 Å². The molecule has 3 aromatic carbocycles. The number of hydrogen-bond acceptors (Lipinski definition) is 12. The van der Waals surface area contributed by atoms with E-state index in [1.54, 1.807) is 6.07 Å².